The first kappa shape index (κ1) is 14.4. The highest BCUT2D eigenvalue weighted by Crippen LogP contribution is 2.21. The summed E-state index contributed by atoms with van der Waals surface area (Å²) in [6.45, 7) is 9.32. The Labute approximate surface area is 92.2 Å². The van der Waals surface area contributed by atoms with Gasteiger partial charge in [-0.2, -0.15) is 0 Å². The zero-order valence-electron chi connectivity index (χ0n) is 10.4. The first-order valence-corrected chi connectivity index (χ1v) is 5.40. The third-order valence-electron chi connectivity index (χ3n) is 3.26. The molecule has 0 aliphatic heterocycles. The van der Waals surface area contributed by atoms with Crippen LogP contribution in [0.1, 0.15) is 41.0 Å². The summed E-state index contributed by atoms with van der Waals surface area (Å²) >= 11 is 0. The zero-order chi connectivity index (χ0) is 12.3. The van der Waals surface area contributed by atoms with E-state index < -0.39 is 17.1 Å². The lowest BCUT2D eigenvalue weighted by Gasteiger charge is -2.34. The number of hydrogen-bond donors (Lipinski definition) is 3. The van der Waals surface area contributed by atoms with E-state index in [1.54, 1.807) is 20.8 Å². The number of aliphatic hydroxyl groups excluding tert-OH is 1. The van der Waals surface area contributed by atoms with Crippen molar-refractivity contribution in [1.29, 1.82) is 0 Å². The van der Waals surface area contributed by atoms with Crippen molar-refractivity contribution in [3.63, 3.8) is 0 Å². The van der Waals surface area contributed by atoms with Crippen LogP contribution in [0.2, 0.25) is 0 Å². The molecule has 4 heteroatoms. The van der Waals surface area contributed by atoms with Gasteiger partial charge >= 0.3 is 0 Å². The molecule has 90 valence electrons. The van der Waals surface area contributed by atoms with E-state index in [1.165, 1.54) is 0 Å². The van der Waals surface area contributed by atoms with Crippen LogP contribution in [0.4, 0.5) is 0 Å². The van der Waals surface area contributed by atoms with Crippen LogP contribution in [-0.4, -0.2) is 29.2 Å². The predicted octanol–water partition coefficient (Wildman–Crippen LogP) is 0.637. The fourth-order valence-corrected chi connectivity index (χ4v) is 0.946. The summed E-state index contributed by atoms with van der Waals surface area (Å²) in [6.07, 6.45) is 0.0888. The van der Waals surface area contributed by atoms with Crippen molar-refractivity contribution < 1.29 is 9.90 Å². The highest BCUT2D eigenvalue weighted by Gasteiger charge is 2.35. The highest BCUT2D eigenvalue weighted by molar-refractivity contribution is 5.83. The van der Waals surface area contributed by atoms with Crippen molar-refractivity contribution in [2.45, 2.75) is 52.7 Å². The molecule has 0 spiro atoms. The summed E-state index contributed by atoms with van der Waals surface area (Å²) in [6, 6.07) is 0. The monoisotopic (exact) mass is 216 g/mol. The van der Waals surface area contributed by atoms with E-state index >= 15 is 0 Å². The van der Waals surface area contributed by atoms with Gasteiger partial charge in [0.1, 0.15) is 0 Å². The average molecular weight is 216 g/mol. The van der Waals surface area contributed by atoms with Gasteiger partial charge in [-0.25, -0.2) is 0 Å². The van der Waals surface area contributed by atoms with Crippen LogP contribution >= 0.6 is 0 Å². The summed E-state index contributed by atoms with van der Waals surface area (Å²) in [4.78, 5) is 11.9. The third kappa shape index (κ3) is 3.47. The molecule has 2 atom stereocenters. The molecule has 0 heterocycles. The van der Waals surface area contributed by atoms with Crippen LogP contribution < -0.4 is 11.1 Å². The van der Waals surface area contributed by atoms with Crippen LogP contribution in [0.25, 0.3) is 0 Å². The van der Waals surface area contributed by atoms with Gasteiger partial charge in [0.15, 0.2) is 0 Å². The van der Waals surface area contributed by atoms with Gasteiger partial charge in [-0.05, 0) is 34.1 Å². The van der Waals surface area contributed by atoms with E-state index in [0.29, 0.717) is 13.0 Å². The molecule has 0 radical (unpaired) electrons. The van der Waals surface area contributed by atoms with Gasteiger partial charge in [0, 0.05) is 6.54 Å². The summed E-state index contributed by atoms with van der Waals surface area (Å²) in [5.74, 6) is -0.0987. The zero-order valence-corrected chi connectivity index (χ0v) is 10.4. The maximum Gasteiger partial charge on any atom is 0.227 e. The topological polar surface area (TPSA) is 75.4 Å². The molecule has 0 aliphatic carbocycles. The normalized spacial score (nSPS) is 18.1. The summed E-state index contributed by atoms with van der Waals surface area (Å²) in [5.41, 5.74) is 4.42. The van der Waals surface area contributed by atoms with E-state index in [-0.39, 0.29) is 5.91 Å². The molecule has 0 fully saturated rings. The minimum absolute atomic E-state index is 0.0987. The molecule has 0 aliphatic rings. The number of nitrogens with one attached hydrogen (secondary N) is 1. The maximum absolute atomic E-state index is 11.9. The van der Waals surface area contributed by atoms with Crippen LogP contribution in [0.15, 0.2) is 0 Å². The Bertz CT molecular complexity index is 221. The molecule has 15 heavy (non-hydrogen) atoms. The lowest BCUT2D eigenvalue weighted by Crippen LogP contribution is -2.56. The SMILES string of the molecule is CCC(C)(CN)C(=O)NC(C)(C)C(C)O. The molecule has 0 aromatic rings. The molecule has 0 saturated carbocycles. The van der Waals surface area contributed by atoms with Crippen molar-refractivity contribution in [3.05, 3.63) is 0 Å². The Morgan fingerprint density at radius 2 is 1.93 bits per heavy atom. The number of carbonyl (C=O) groups excluding carboxylic acids is 1. The molecule has 0 saturated heterocycles. The van der Waals surface area contributed by atoms with Gasteiger partial charge in [0.05, 0.1) is 17.1 Å². The largest absolute Gasteiger partial charge is 0.391 e. The van der Waals surface area contributed by atoms with Crippen molar-refractivity contribution in [3.8, 4) is 0 Å². The van der Waals surface area contributed by atoms with Gasteiger partial charge < -0.3 is 16.2 Å². The Kier molecular flexibility index (Phi) is 4.74. The molecule has 0 rings (SSSR count). The van der Waals surface area contributed by atoms with Gasteiger partial charge in [-0.15, -0.1) is 0 Å². The van der Waals surface area contributed by atoms with Crippen molar-refractivity contribution in [2.75, 3.05) is 6.54 Å². The van der Waals surface area contributed by atoms with Crippen LogP contribution in [-0.2, 0) is 4.79 Å². The first-order valence-electron chi connectivity index (χ1n) is 5.40. The molecular formula is C11H24N2O2. The minimum Gasteiger partial charge on any atom is -0.391 e. The Morgan fingerprint density at radius 1 is 1.47 bits per heavy atom. The molecular weight excluding hydrogens is 192 g/mol. The van der Waals surface area contributed by atoms with Crippen molar-refractivity contribution in [1.82, 2.24) is 5.32 Å². The van der Waals surface area contributed by atoms with Gasteiger partial charge in [0.25, 0.3) is 0 Å². The number of nitrogens with two attached hydrogens (primary N) is 1. The second-order valence-electron chi connectivity index (χ2n) is 4.97. The van der Waals surface area contributed by atoms with Crippen LogP contribution in [0, 0.1) is 5.41 Å². The van der Waals surface area contributed by atoms with Crippen molar-refractivity contribution >= 4 is 5.91 Å². The molecule has 2 unspecified atom stereocenters. The van der Waals surface area contributed by atoms with Crippen LogP contribution in [0.5, 0.6) is 0 Å². The molecule has 1 amide bonds. The van der Waals surface area contributed by atoms with Gasteiger partial charge in [-0.3, -0.25) is 4.79 Å². The van der Waals surface area contributed by atoms with Gasteiger partial charge in [-0.1, -0.05) is 6.92 Å². The number of aliphatic hydroxyl groups is 1. The van der Waals surface area contributed by atoms with Crippen molar-refractivity contribution in [2.24, 2.45) is 11.1 Å². The number of hydrogen-bond acceptors (Lipinski definition) is 3. The Hall–Kier alpha value is -0.610. The standard InChI is InChI=1S/C11H24N2O2/c1-6-11(5,7-12)9(15)13-10(3,4)8(2)14/h8,14H,6-7,12H2,1-5H3,(H,13,15). The molecule has 4 N–H and O–H groups in total. The number of carbonyl (C=O) groups is 1. The molecule has 0 aromatic heterocycles. The molecule has 0 bridgehead atoms. The predicted molar refractivity (Wildman–Crippen MR) is 61.4 cm³/mol. The van der Waals surface area contributed by atoms with E-state index in [1.807, 2.05) is 13.8 Å². The van der Waals surface area contributed by atoms with E-state index in [0.717, 1.165) is 0 Å². The smallest absolute Gasteiger partial charge is 0.227 e. The van der Waals surface area contributed by atoms with E-state index in [9.17, 15) is 9.90 Å². The van der Waals surface area contributed by atoms with E-state index in [4.69, 9.17) is 5.73 Å². The quantitative estimate of drug-likeness (QED) is 0.631. The average Bonchev–Trinajstić information content (AvgIpc) is 2.15. The minimum atomic E-state index is -0.622. The number of rotatable bonds is 5. The fraction of sp³-hybridized carbons (Fsp3) is 0.909. The first-order chi connectivity index (χ1) is 6.69. The fourth-order valence-electron chi connectivity index (χ4n) is 0.946. The Morgan fingerprint density at radius 3 is 2.20 bits per heavy atom. The second-order valence-corrected chi connectivity index (χ2v) is 4.97. The molecule has 4 nitrogen and oxygen atoms in total. The van der Waals surface area contributed by atoms with E-state index in [2.05, 4.69) is 5.32 Å². The third-order valence-corrected chi connectivity index (χ3v) is 3.26. The summed E-state index contributed by atoms with van der Waals surface area (Å²) in [5, 5.41) is 12.3. The Balaban J connectivity index is 4.62. The van der Waals surface area contributed by atoms with Gasteiger partial charge in [0.2, 0.25) is 5.91 Å². The summed E-state index contributed by atoms with van der Waals surface area (Å²) < 4.78 is 0. The second kappa shape index (κ2) is 4.94. The van der Waals surface area contributed by atoms with Crippen LogP contribution in [0.3, 0.4) is 0 Å². The number of amides is 1. The summed E-state index contributed by atoms with van der Waals surface area (Å²) in [7, 11) is 0. The highest BCUT2D eigenvalue weighted by atomic mass is 16.3. The lowest BCUT2D eigenvalue weighted by atomic mass is 9.85. The lowest BCUT2D eigenvalue weighted by molar-refractivity contribution is -0.133. The maximum atomic E-state index is 11.9. The molecule has 0 aromatic carbocycles.